The molecule has 3 nitrogen and oxygen atoms in total. The zero-order valence-electron chi connectivity index (χ0n) is 7.00. The minimum absolute atomic E-state index is 0.341. The molecule has 0 aliphatic carbocycles. The van der Waals surface area contributed by atoms with E-state index >= 15 is 0 Å². The average molecular weight is 188 g/mol. The molecule has 0 aromatic carbocycles. The monoisotopic (exact) mass is 187 g/mol. The van der Waals surface area contributed by atoms with E-state index in [0.717, 1.165) is 0 Å². The van der Waals surface area contributed by atoms with Gasteiger partial charge in [0.15, 0.2) is 0 Å². The van der Waals surface area contributed by atoms with Crippen LogP contribution in [0.2, 0.25) is 5.02 Å². The first-order chi connectivity index (χ1) is 5.65. The molecular weight excluding hydrogens is 178 g/mol. The molecule has 4 heteroatoms. The Morgan fingerprint density at radius 2 is 2.42 bits per heavy atom. The molecular formula is C8H10ClNO2. The van der Waals surface area contributed by atoms with Crippen LogP contribution in [0.4, 0.5) is 0 Å². The summed E-state index contributed by atoms with van der Waals surface area (Å²) in [5.41, 5.74) is 0.474. The summed E-state index contributed by atoms with van der Waals surface area (Å²) in [5, 5.41) is 0.542. The standard InChI is InChI=1S/C8H10ClNO2/c1-3-12-8(11)7-4-6(9)5-10(7)2/h4-5H,3H2,1-2H3. The number of nitrogens with zero attached hydrogens (tertiary/aromatic N) is 1. The smallest absolute Gasteiger partial charge is 0.354 e. The van der Waals surface area contributed by atoms with E-state index in [1.54, 1.807) is 30.8 Å². The summed E-state index contributed by atoms with van der Waals surface area (Å²) < 4.78 is 6.44. The van der Waals surface area contributed by atoms with Crippen molar-refractivity contribution in [3.05, 3.63) is 23.0 Å². The fourth-order valence-electron chi connectivity index (χ4n) is 0.932. The number of esters is 1. The normalized spacial score (nSPS) is 9.92. The highest BCUT2D eigenvalue weighted by Crippen LogP contribution is 2.13. The Kier molecular flexibility index (Phi) is 2.76. The summed E-state index contributed by atoms with van der Waals surface area (Å²) in [5.74, 6) is -0.341. The first kappa shape index (κ1) is 9.13. The van der Waals surface area contributed by atoms with E-state index < -0.39 is 0 Å². The number of carbonyl (C=O) groups excluding carboxylic acids is 1. The Hall–Kier alpha value is -0.960. The van der Waals surface area contributed by atoms with Crippen molar-refractivity contribution in [3.8, 4) is 0 Å². The third kappa shape index (κ3) is 1.80. The van der Waals surface area contributed by atoms with Crippen molar-refractivity contribution in [2.45, 2.75) is 6.92 Å². The molecule has 0 spiro atoms. The molecule has 0 aliphatic heterocycles. The number of hydrogen-bond acceptors (Lipinski definition) is 2. The van der Waals surface area contributed by atoms with Crippen molar-refractivity contribution in [1.29, 1.82) is 0 Å². The SMILES string of the molecule is CCOC(=O)c1cc(Cl)cn1C. The molecule has 1 heterocycles. The Morgan fingerprint density at radius 1 is 1.75 bits per heavy atom. The van der Waals surface area contributed by atoms with Gasteiger partial charge in [0, 0.05) is 13.2 Å². The Labute approximate surface area is 75.9 Å². The lowest BCUT2D eigenvalue weighted by atomic mass is 10.4. The van der Waals surface area contributed by atoms with Gasteiger partial charge in [-0.05, 0) is 13.0 Å². The van der Waals surface area contributed by atoms with Gasteiger partial charge in [0.05, 0.1) is 11.6 Å². The zero-order valence-corrected chi connectivity index (χ0v) is 7.76. The van der Waals surface area contributed by atoms with Gasteiger partial charge < -0.3 is 9.30 Å². The number of aromatic nitrogens is 1. The van der Waals surface area contributed by atoms with Crippen molar-refractivity contribution in [3.63, 3.8) is 0 Å². The molecule has 0 N–H and O–H groups in total. The zero-order chi connectivity index (χ0) is 9.14. The lowest BCUT2D eigenvalue weighted by Crippen LogP contribution is -2.08. The second-order valence-corrected chi connectivity index (χ2v) is 2.81. The van der Waals surface area contributed by atoms with Gasteiger partial charge >= 0.3 is 5.97 Å². The second-order valence-electron chi connectivity index (χ2n) is 2.37. The minimum atomic E-state index is -0.341. The largest absolute Gasteiger partial charge is 0.461 e. The first-order valence-corrected chi connectivity index (χ1v) is 4.02. The van der Waals surface area contributed by atoms with Gasteiger partial charge in [0.25, 0.3) is 0 Å². The maximum Gasteiger partial charge on any atom is 0.354 e. The third-order valence-electron chi connectivity index (χ3n) is 1.46. The van der Waals surface area contributed by atoms with Crippen LogP contribution < -0.4 is 0 Å². The fourth-order valence-corrected chi connectivity index (χ4v) is 1.18. The van der Waals surface area contributed by atoms with Crippen molar-refractivity contribution in [2.75, 3.05) is 6.61 Å². The maximum absolute atomic E-state index is 11.2. The number of aryl methyl sites for hydroxylation is 1. The van der Waals surface area contributed by atoms with Crippen molar-refractivity contribution >= 4 is 17.6 Å². The predicted molar refractivity (Wildman–Crippen MR) is 46.4 cm³/mol. The summed E-state index contributed by atoms with van der Waals surface area (Å²) >= 11 is 5.68. The molecule has 0 atom stereocenters. The molecule has 1 aromatic rings. The fraction of sp³-hybridized carbons (Fsp3) is 0.375. The van der Waals surface area contributed by atoms with Crippen LogP contribution in [0.1, 0.15) is 17.4 Å². The lowest BCUT2D eigenvalue weighted by Gasteiger charge is -2.01. The highest BCUT2D eigenvalue weighted by atomic mass is 35.5. The molecule has 0 fully saturated rings. The Balaban J connectivity index is 2.87. The molecule has 0 saturated carbocycles. The molecule has 12 heavy (non-hydrogen) atoms. The summed E-state index contributed by atoms with van der Waals surface area (Å²) in [6.45, 7) is 2.14. The minimum Gasteiger partial charge on any atom is -0.461 e. The third-order valence-corrected chi connectivity index (χ3v) is 1.66. The van der Waals surface area contributed by atoms with Crippen LogP contribution in [0.5, 0.6) is 0 Å². The number of hydrogen-bond donors (Lipinski definition) is 0. The molecule has 1 rings (SSSR count). The Morgan fingerprint density at radius 3 is 2.83 bits per heavy atom. The lowest BCUT2D eigenvalue weighted by molar-refractivity contribution is 0.0515. The molecule has 0 unspecified atom stereocenters. The van der Waals surface area contributed by atoms with Crippen molar-refractivity contribution < 1.29 is 9.53 Å². The van der Waals surface area contributed by atoms with Gasteiger partial charge in [0.1, 0.15) is 5.69 Å². The van der Waals surface area contributed by atoms with Gasteiger partial charge in [-0.2, -0.15) is 0 Å². The number of rotatable bonds is 2. The summed E-state index contributed by atoms with van der Waals surface area (Å²) in [6, 6.07) is 1.58. The van der Waals surface area contributed by atoms with E-state index in [1.807, 2.05) is 0 Å². The van der Waals surface area contributed by atoms with Crippen LogP contribution in [-0.4, -0.2) is 17.1 Å². The van der Waals surface area contributed by atoms with Gasteiger partial charge in [-0.1, -0.05) is 11.6 Å². The van der Waals surface area contributed by atoms with Gasteiger partial charge in [0.2, 0.25) is 0 Å². The van der Waals surface area contributed by atoms with E-state index in [4.69, 9.17) is 16.3 Å². The van der Waals surface area contributed by atoms with Crippen LogP contribution in [0.25, 0.3) is 0 Å². The van der Waals surface area contributed by atoms with Gasteiger partial charge in [-0.15, -0.1) is 0 Å². The highest BCUT2D eigenvalue weighted by Gasteiger charge is 2.11. The van der Waals surface area contributed by atoms with E-state index in [0.29, 0.717) is 17.3 Å². The molecule has 0 bridgehead atoms. The summed E-state index contributed by atoms with van der Waals surface area (Å²) in [4.78, 5) is 11.2. The van der Waals surface area contributed by atoms with Gasteiger partial charge in [-0.3, -0.25) is 0 Å². The van der Waals surface area contributed by atoms with E-state index in [2.05, 4.69) is 0 Å². The van der Waals surface area contributed by atoms with Crippen molar-refractivity contribution in [1.82, 2.24) is 4.57 Å². The number of ether oxygens (including phenoxy) is 1. The van der Waals surface area contributed by atoms with E-state index in [-0.39, 0.29) is 5.97 Å². The average Bonchev–Trinajstić information content (AvgIpc) is 2.30. The van der Waals surface area contributed by atoms with Crippen LogP contribution in [0, 0.1) is 0 Å². The number of carbonyl (C=O) groups is 1. The van der Waals surface area contributed by atoms with Crippen LogP contribution in [0.3, 0.4) is 0 Å². The highest BCUT2D eigenvalue weighted by molar-refractivity contribution is 6.30. The maximum atomic E-state index is 11.2. The van der Waals surface area contributed by atoms with Gasteiger partial charge in [-0.25, -0.2) is 4.79 Å². The molecule has 0 radical (unpaired) electrons. The van der Waals surface area contributed by atoms with Crippen LogP contribution in [-0.2, 0) is 11.8 Å². The first-order valence-electron chi connectivity index (χ1n) is 3.64. The molecule has 1 aromatic heterocycles. The second kappa shape index (κ2) is 3.63. The number of halogens is 1. The van der Waals surface area contributed by atoms with E-state index in [1.165, 1.54) is 0 Å². The van der Waals surface area contributed by atoms with E-state index in [9.17, 15) is 4.79 Å². The van der Waals surface area contributed by atoms with Crippen LogP contribution in [0.15, 0.2) is 12.3 Å². The predicted octanol–water partition coefficient (Wildman–Crippen LogP) is 1.86. The summed E-state index contributed by atoms with van der Waals surface area (Å²) in [7, 11) is 1.75. The molecule has 0 saturated heterocycles. The van der Waals surface area contributed by atoms with Crippen LogP contribution >= 0.6 is 11.6 Å². The topological polar surface area (TPSA) is 31.2 Å². The molecule has 0 amide bonds. The Bertz CT molecular complexity index is 293. The molecule has 0 aliphatic rings. The molecule has 66 valence electrons. The summed E-state index contributed by atoms with van der Waals surface area (Å²) in [6.07, 6.45) is 1.66. The quantitative estimate of drug-likeness (QED) is 0.662. The van der Waals surface area contributed by atoms with Crippen molar-refractivity contribution in [2.24, 2.45) is 7.05 Å².